The van der Waals surface area contributed by atoms with E-state index in [-0.39, 0.29) is 30.1 Å². The second-order valence-corrected chi connectivity index (χ2v) is 9.35. The minimum atomic E-state index is -0.316. The third kappa shape index (κ3) is 5.43. The molecule has 184 valence electrons. The molecule has 1 aliphatic heterocycles. The molecule has 0 saturated carbocycles. The van der Waals surface area contributed by atoms with Gasteiger partial charge in [0.1, 0.15) is 5.82 Å². The van der Waals surface area contributed by atoms with Gasteiger partial charge in [0.15, 0.2) is 0 Å². The van der Waals surface area contributed by atoms with Crippen molar-refractivity contribution in [3.05, 3.63) is 76.9 Å². The minimum absolute atomic E-state index is 0.0524. The molecule has 8 heteroatoms. The molecule has 0 radical (unpaired) electrons. The lowest BCUT2D eigenvalue weighted by molar-refractivity contribution is -0.117. The van der Waals surface area contributed by atoms with Crippen molar-refractivity contribution in [1.82, 2.24) is 19.6 Å². The molecule has 2 heterocycles. The summed E-state index contributed by atoms with van der Waals surface area (Å²) in [4.78, 5) is 29.9. The van der Waals surface area contributed by atoms with Crippen molar-refractivity contribution >= 4 is 17.5 Å². The van der Waals surface area contributed by atoms with Gasteiger partial charge >= 0.3 is 0 Å². The molecular formula is C27H32FN5O2. The molecule has 35 heavy (non-hydrogen) atoms. The third-order valence-electron chi connectivity index (χ3n) is 6.56. The molecule has 0 spiro atoms. The van der Waals surface area contributed by atoms with Gasteiger partial charge in [0.2, 0.25) is 5.91 Å². The third-order valence-corrected chi connectivity index (χ3v) is 6.56. The number of nitrogens with zero attached hydrogens (tertiary/aromatic N) is 4. The van der Waals surface area contributed by atoms with Crippen molar-refractivity contribution in [2.45, 2.75) is 33.6 Å². The van der Waals surface area contributed by atoms with E-state index in [4.69, 9.17) is 0 Å². The predicted octanol–water partition coefficient (Wildman–Crippen LogP) is 4.15. The fourth-order valence-electron chi connectivity index (χ4n) is 4.43. The van der Waals surface area contributed by atoms with Crippen molar-refractivity contribution in [2.24, 2.45) is 0 Å². The summed E-state index contributed by atoms with van der Waals surface area (Å²) in [6.45, 7) is 10.7. The van der Waals surface area contributed by atoms with Gasteiger partial charge in [0.05, 0.1) is 29.7 Å². The summed E-state index contributed by atoms with van der Waals surface area (Å²) in [7, 11) is 0. The van der Waals surface area contributed by atoms with Crippen LogP contribution < -0.4 is 5.32 Å². The average Bonchev–Trinajstić information content (AvgIpc) is 3.28. The van der Waals surface area contributed by atoms with E-state index in [0.717, 1.165) is 22.5 Å². The number of hydrogen-bond donors (Lipinski definition) is 1. The van der Waals surface area contributed by atoms with Gasteiger partial charge in [-0.1, -0.05) is 26.0 Å². The van der Waals surface area contributed by atoms with Crippen LogP contribution in [0, 0.1) is 19.7 Å². The molecule has 3 aromatic rings. The lowest BCUT2D eigenvalue weighted by atomic mass is 10.0. The maximum Gasteiger partial charge on any atom is 0.257 e. The van der Waals surface area contributed by atoms with Gasteiger partial charge in [-0.3, -0.25) is 14.5 Å². The van der Waals surface area contributed by atoms with E-state index in [9.17, 15) is 14.0 Å². The highest BCUT2D eigenvalue weighted by Crippen LogP contribution is 2.25. The summed E-state index contributed by atoms with van der Waals surface area (Å²) < 4.78 is 15.1. The van der Waals surface area contributed by atoms with E-state index < -0.39 is 0 Å². The summed E-state index contributed by atoms with van der Waals surface area (Å²) in [5.41, 5.74) is 5.12. The number of benzene rings is 2. The number of aryl methyl sites for hydroxylation is 1. The highest BCUT2D eigenvalue weighted by atomic mass is 19.1. The van der Waals surface area contributed by atoms with E-state index >= 15 is 0 Å². The highest BCUT2D eigenvalue weighted by Gasteiger charge is 2.28. The normalized spacial score (nSPS) is 14.4. The van der Waals surface area contributed by atoms with Crippen LogP contribution in [0.1, 0.15) is 46.9 Å². The molecule has 0 unspecified atom stereocenters. The summed E-state index contributed by atoms with van der Waals surface area (Å²) in [5, 5.41) is 7.45. The summed E-state index contributed by atoms with van der Waals surface area (Å²) in [6.07, 6.45) is 1.60. The quantitative estimate of drug-likeness (QED) is 0.579. The molecule has 0 atom stereocenters. The Bertz CT molecular complexity index is 1210. The Morgan fingerprint density at radius 2 is 1.71 bits per heavy atom. The van der Waals surface area contributed by atoms with Crippen molar-refractivity contribution in [2.75, 3.05) is 38.0 Å². The Morgan fingerprint density at radius 3 is 2.37 bits per heavy atom. The van der Waals surface area contributed by atoms with Gasteiger partial charge < -0.3 is 10.2 Å². The number of aromatic nitrogens is 2. The largest absolute Gasteiger partial charge is 0.336 e. The SMILES string of the molecule is Cc1cccc(NC(=O)CN2CCN(C(=O)c3cnn(-c4ccc(F)cc4)c3C(C)C)CC2)c1C. The lowest BCUT2D eigenvalue weighted by Crippen LogP contribution is -2.50. The number of hydrogen-bond acceptors (Lipinski definition) is 4. The predicted molar refractivity (Wildman–Crippen MR) is 135 cm³/mol. The van der Waals surface area contributed by atoms with Gasteiger partial charge in [-0.2, -0.15) is 5.10 Å². The first-order valence-electron chi connectivity index (χ1n) is 12.0. The number of rotatable bonds is 6. The molecule has 0 bridgehead atoms. The number of nitrogens with one attached hydrogen (secondary N) is 1. The van der Waals surface area contributed by atoms with Crippen LogP contribution in [0.3, 0.4) is 0 Å². The molecule has 7 nitrogen and oxygen atoms in total. The zero-order valence-electron chi connectivity index (χ0n) is 20.7. The van der Waals surface area contributed by atoms with Gasteiger partial charge in [0, 0.05) is 31.9 Å². The first kappa shape index (κ1) is 24.6. The second kappa shape index (κ2) is 10.4. The number of piperazine rings is 1. The minimum Gasteiger partial charge on any atom is -0.336 e. The number of anilines is 1. The van der Waals surface area contributed by atoms with E-state index in [2.05, 4.69) is 15.3 Å². The summed E-state index contributed by atoms with van der Waals surface area (Å²) >= 11 is 0. The Morgan fingerprint density at radius 1 is 1.03 bits per heavy atom. The Labute approximate surface area is 205 Å². The van der Waals surface area contributed by atoms with Crippen LogP contribution in [0.15, 0.2) is 48.7 Å². The number of carbonyl (C=O) groups excluding carboxylic acids is 2. The Hall–Kier alpha value is -3.52. The van der Waals surface area contributed by atoms with Crippen molar-refractivity contribution in [3.63, 3.8) is 0 Å². The molecule has 1 fully saturated rings. The van der Waals surface area contributed by atoms with Gasteiger partial charge in [-0.25, -0.2) is 9.07 Å². The number of halogens is 1. The van der Waals surface area contributed by atoms with Crippen molar-refractivity contribution in [1.29, 1.82) is 0 Å². The molecule has 1 aliphatic rings. The van der Waals surface area contributed by atoms with E-state index in [0.29, 0.717) is 37.4 Å². The Kier molecular flexibility index (Phi) is 7.31. The van der Waals surface area contributed by atoms with Gasteiger partial charge in [0.25, 0.3) is 5.91 Å². The lowest BCUT2D eigenvalue weighted by Gasteiger charge is -2.34. The molecule has 2 amide bonds. The van der Waals surface area contributed by atoms with E-state index in [1.807, 2.05) is 50.8 Å². The topological polar surface area (TPSA) is 70.5 Å². The molecule has 1 aromatic heterocycles. The maximum atomic E-state index is 13.4. The summed E-state index contributed by atoms with van der Waals surface area (Å²) in [6, 6.07) is 12.0. The van der Waals surface area contributed by atoms with E-state index in [1.165, 1.54) is 12.1 Å². The van der Waals surface area contributed by atoms with Crippen LogP contribution in [-0.4, -0.2) is 64.1 Å². The monoisotopic (exact) mass is 477 g/mol. The zero-order valence-corrected chi connectivity index (χ0v) is 20.7. The zero-order chi connectivity index (χ0) is 25.1. The molecule has 4 rings (SSSR count). The fourth-order valence-corrected chi connectivity index (χ4v) is 4.43. The first-order chi connectivity index (χ1) is 16.7. The van der Waals surface area contributed by atoms with Crippen LogP contribution in [0.2, 0.25) is 0 Å². The van der Waals surface area contributed by atoms with Crippen LogP contribution >= 0.6 is 0 Å². The first-order valence-corrected chi connectivity index (χ1v) is 12.0. The Balaban J connectivity index is 1.39. The molecule has 0 aliphatic carbocycles. The van der Waals surface area contributed by atoms with Crippen LogP contribution in [-0.2, 0) is 4.79 Å². The van der Waals surface area contributed by atoms with Gasteiger partial charge in [-0.15, -0.1) is 0 Å². The summed E-state index contributed by atoms with van der Waals surface area (Å²) in [5.74, 6) is -0.386. The van der Waals surface area contributed by atoms with Gasteiger partial charge in [-0.05, 0) is 61.2 Å². The number of carbonyl (C=O) groups is 2. The standard InChI is InChI=1S/C27H32FN5O2/c1-18(2)26-23(16-29-33(26)22-10-8-21(28)9-11-22)27(35)32-14-12-31(13-15-32)17-25(34)30-24-7-5-6-19(3)20(24)4/h5-11,16,18H,12-15,17H2,1-4H3,(H,30,34). The van der Waals surface area contributed by atoms with Crippen molar-refractivity contribution in [3.8, 4) is 5.69 Å². The highest BCUT2D eigenvalue weighted by molar-refractivity contribution is 5.96. The molecule has 2 aromatic carbocycles. The maximum absolute atomic E-state index is 13.4. The fraction of sp³-hybridized carbons (Fsp3) is 0.370. The second-order valence-electron chi connectivity index (χ2n) is 9.35. The van der Waals surface area contributed by atoms with Crippen molar-refractivity contribution < 1.29 is 14.0 Å². The van der Waals surface area contributed by atoms with Crippen LogP contribution in [0.5, 0.6) is 0 Å². The van der Waals surface area contributed by atoms with Crippen LogP contribution in [0.25, 0.3) is 5.69 Å². The number of amides is 2. The average molecular weight is 478 g/mol. The molecular weight excluding hydrogens is 445 g/mol. The molecule has 1 saturated heterocycles. The smallest absolute Gasteiger partial charge is 0.257 e. The van der Waals surface area contributed by atoms with E-state index in [1.54, 1.807) is 23.0 Å². The van der Waals surface area contributed by atoms with Crippen LogP contribution in [0.4, 0.5) is 10.1 Å². The molecule has 1 N–H and O–H groups in total.